The first-order valence-electron chi connectivity index (χ1n) is 11.8. The smallest absolute Gasteiger partial charge is 0.450 e. The van der Waals surface area contributed by atoms with Crippen molar-refractivity contribution in [3.63, 3.8) is 0 Å². The van der Waals surface area contributed by atoms with Crippen molar-refractivity contribution in [3.8, 4) is 6.07 Å². The number of nitrogens with zero attached hydrogens (tertiary/aromatic N) is 5. The molecule has 1 atom stereocenters. The number of rotatable bonds is 7. The number of allylic oxidation sites excluding steroid dienone is 2. The van der Waals surface area contributed by atoms with Crippen LogP contribution in [0.3, 0.4) is 0 Å². The van der Waals surface area contributed by atoms with E-state index in [0.717, 1.165) is 37.8 Å². The number of fused-ring (bicyclic) bond motifs is 1. The molecule has 0 N–H and O–H groups in total. The lowest BCUT2D eigenvalue weighted by atomic mass is 10.1. The first kappa shape index (κ1) is 25.0. The van der Waals surface area contributed by atoms with Gasteiger partial charge in [-0.15, -0.1) is 10.2 Å². The van der Waals surface area contributed by atoms with Gasteiger partial charge >= 0.3 is 6.18 Å². The van der Waals surface area contributed by atoms with Crippen molar-refractivity contribution < 1.29 is 27.4 Å². The second kappa shape index (κ2) is 10.2. The fraction of sp³-hybridized carbons (Fsp3) is 0.583. The van der Waals surface area contributed by atoms with E-state index in [4.69, 9.17) is 9.47 Å². The maximum Gasteiger partial charge on any atom is 0.450 e. The lowest BCUT2D eigenvalue weighted by Gasteiger charge is -2.16. The quantitative estimate of drug-likeness (QED) is 0.326. The molecule has 2 aliphatic heterocycles. The number of nitriles is 1. The number of hydrogen-bond acceptors (Lipinski definition) is 6. The van der Waals surface area contributed by atoms with Crippen molar-refractivity contribution in [1.29, 1.82) is 5.26 Å². The van der Waals surface area contributed by atoms with Gasteiger partial charge in [-0.1, -0.05) is 6.42 Å². The van der Waals surface area contributed by atoms with Crippen LogP contribution in [0, 0.1) is 25.2 Å². The Hall–Kier alpha value is -3.13. The Labute approximate surface area is 201 Å². The minimum Gasteiger partial charge on any atom is -0.480 e. The van der Waals surface area contributed by atoms with Gasteiger partial charge in [-0.05, 0) is 45.6 Å². The Morgan fingerprint density at radius 1 is 1.26 bits per heavy atom. The summed E-state index contributed by atoms with van der Waals surface area (Å²) in [5.41, 5.74) is 0.982. The van der Waals surface area contributed by atoms with Gasteiger partial charge in [0.1, 0.15) is 17.5 Å². The van der Waals surface area contributed by atoms with Gasteiger partial charge in [0.25, 0.3) is 0 Å². The highest BCUT2D eigenvalue weighted by Crippen LogP contribution is 2.34. The van der Waals surface area contributed by atoms with Crippen LogP contribution in [0.2, 0.25) is 0 Å². The van der Waals surface area contributed by atoms with Crippen molar-refractivity contribution in [1.82, 2.24) is 19.3 Å². The highest BCUT2D eigenvalue weighted by molar-refractivity contribution is 5.98. The number of alkyl halides is 3. The van der Waals surface area contributed by atoms with E-state index in [1.165, 1.54) is 0 Å². The molecule has 35 heavy (non-hydrogen) atoms. The van der Waals surface area contributed by atoms with E-state index in [-0.39, 0.29) is 17.5 Å². The van der Waals surface area contributed by atoms with E-state index in [1.54, 1.807) is 23.6 Å². The summed E-state index contributed by atoms with van der Waals surface area (Å²) >= 11 is 0. The molecule has 1 saturated heterocycles. The van der Waals surface area contributed by atoms with Crippen LogP contribution in [0.15, 0.2) is 11.8 Å². The number of hydrogen-bond donors (Lipinski definition) is 0. The van der Waals surface area contributed by atoms with Crippen LogP contribution in [0.1, 0.15) is 65.5 Å². The maximum atomic E-state index is 14.0. The number of ketones is 1. The Bertz CT molecular complexity index is 1170. The largest absolute Gasteiger partial charge is 0.480 e. The van der Waals surface area contributed by atoms with Crippen LogP contribution >= 0.6 is 0 Å². The van der Waals surface area contributed by atoms with Crippen LogP contribution in [0.25, 0.3) is 5.57 Å². The van der Waals surface area contributed by atoms with E-state index in [9.17, 15) is 23.2 Å². The fourth-order valence-electron chi connectivity index (χ4n) is 4.74. The van der Waals surface area contributed by atoms with Crippen LogP contribution in [-0.2, 0) is 29.0 Å². The maximum absolute atomic E-state index is 14.0. The van der Waals surface area contributed by atoms with Gasteiger partial charge in [0.15, 0.2) is 12.4 Å². The van der Waals surface area contributed by atoms with Gasteiger partial charge in [-0.2, -0.15) is 18.4 Å². The average Bonchev–Trinajstić information content (AvgIpc) is 3.48. The highest BCUT2D eigenvalue weighted by atomic mass is 19.4. The molecular weight excluding hydrogens is 463 g/mol. The van der Waals surface area contributed by atoms with E-state index < -0.39 is 29.9 Å². The molecule has 0 aliphatic carbocycles. The minimum atomic E-state index is -4.99. The fourth-order valence-corrected chi connectivity index (χ4v) is 4.74. The average molecular weight is 492 g/mol. The Morgan fingerprint density at radius 2 is 2.06 bits per heavy atom. The number of carbonyl (C=O) groups excluding carboxylic acids is 1. The summed E-state index contributed by atoms with van der Waals surface area (Å²) in [6.45, 7) is 4.44. The number of Topliss-reactive ketones (excluding diaryl/α,β-unsaturated/α-hetero) is 1. The lowest BCUT2D eigenvalue weighted by Crippen LogP contribution is -2.22. The zero-order valence-electron chi connectivity index (χ0n) is 19.8. The van der Waals surface area contributed by atoms with Crippen molar-refractivity contribution >= 4 is 11.4 Å². The summed E-state index contributed by atoms with van der Waals surface area (Å²) in [6.07, 6.45) is 0.0592. The van der Waals surface area contributed by atoms with Crippen LogP contribution in [-0.4, -0.2) is 50.6 Å². The molecule has 0 unspecified atom stereocenters. The molecule has 4 heterocycles. The summed E-state index contributed by atoms with van der Waals surface area (Å²) in [4.78, 5) is 12.9. The molecule has 0 saturated carbocycles. The highest BCUT2D eigenvalue weighted by Gasteiger charge is 2.41. The van der Waals surface area contributed by atoms with Crippen LogP contribution in [0.4, 0.5) is 13.2 Å². The van der Waals surface area contributed by atoms with Gasteiger partial charge in [-0.3, -0.25) is 4.79 Å². The van der Waals surface area contributed by atoms with Gasteiger partial charge in [-0.25, -0.2) is 0 Å². The van der Waals surface area contributed by atoms with E-state index >= 15 is 0 Å². The predicted molar refractivity (Wildman–Crippen MR) is 119 cm³/mol. The van der Waals surface area contributed by atoms with Crippen LogP contribution in [0.5, 0.6) is 0 Å². The Morgan fingerprint density at radius 3 is 2.74 bits per heavy atom. The van der Waals surface area contributed by atoms with Crippen molar-refractivity contribution in [2.75, 3.05) is 13.2 Å². The van der Waals surface area contributed by atoms with E-state index in [1.807, 2.05) is 11.5 Å². The number of carbonyl (C=O) groups is 1. The zero-order chi connectivity index (χ0) is 25.2. The standard InChI is InChI=1S/C24H28F3N5O3/c1-15-11-18(16(2)32(15)13-17-7-6-10-34-17)20(33)14-35-22(24(25,26)27)19(12-28)23-30-29-21-8-4-3-5-9-31(21)23/h11,17H,3-10,13-14H2,1-2H3/b22-19-/t17-/m0/s1. The second-order valence-corrected chi connectivity index (χ2v) is 8.96. The number of halogens is 3. The first-order chi connectivity index (χ1) is 16.7. The van der Waals surface area contributed by atoms with E-state index in [0.29, 0.717) is 37.6 Å². The van der Waals surface area contributed by atoms with Crippen LogP contribution < -0.4 is 0 Å². The SMILES string of the molecule is Cc1cc(C(=O)CO/C(=C(/C#N)c2nnc3n2CCCCC3)C(F)(F)F)c(C)n1C[C@@H]1CCCO1. The summed E-state index contributed by atoms with van der Waals surface area (Å²) < 4.78 is 56.1. The molecular formula is C24H28F3N5O3. The molecule has 2 aliphatic rings. The molecule has 11 heteroatoms. The normalized spacial score (nSPS) is 19.0. The molecule has 0 radical (unpaired) electrons. The van der Waals surface area contributed by atoms with Gasteiger partial charge in [0.2, 0.25) is 11.5 Å². The molecule has 2 aromatic heterocycles. The molecule has 0 amide bonds. The summed E-state index contributed by atoms with van der Waals surface area (Å²) in [5, 5.41) is 17.5. The first-order valence-corrected chi connectivity index (χ1v) is 11.8. The monoisotopic (exact) mass is 491 g/mol. The molecule has 2 aromatic rings. The third-order valence-corrected chi connectivity index (χ3v) is 6.56. The van der Waals surface area contributed by atoms with E-state index in [2.05, 4.69) is 10.2 Å². The van der Waals surface area contributed by atoms with Gasteiger partial charge < -0.3 is 18.6 Å². The Kier molecular flexibility index (Phi) is 7.31. The topological polar surface area (TPSA) is 95.0 Å². The summed E-state index contributed by atoms with van der Waals surface area (Å²) in [7, 11) is 0. The zero-order valence-corrected chi connectivity index (χ0v) is 19.8. The van der Waals surface area contributed by atoms with Crippen molar-refractivity contribution in [2.24, 2.45) is 0 Å². The predicted octanol–water partition coefficient (Wildman–Crippen LogP) is 4.30. The number of aromatic nitrogens is 4. The third kappa shape index (κ3) is 5.27. The lowest BCUT2D eigenvalue weighted by molar-refractivity contribution is -0.127. The van der Waals surface area contributed by atoms with Gasteiger partial charge in [0, 0.05) is 43.1 Å². The molecule has 1 fully saturated rings. The Balaban J connectivity index is 1.59. The molecule has 188 valence electrons. The summed E-state index contributed by atoms with van der Waals surface area (Å²) in [5.74, 6) is -1.77. The minimum absolute atomic E-state index is 0.0511. The second-order valence-electron chi connectivity index (χ2n) is 8.96. The third-order valence-electron chi connectivity index (χ3n) is 6.56. The molecule has 0 aromatic carbocycles. The number of aryl methyl sites for hydroxylation is 2. The van der Waals surface area contributed by atoms with Crippen molar-refractivity contribution in [2.45, 2.75) is 77.7 Å². The molecule has 0 bridgehead atoms. The van der Waals surface area contributed by atoms with Gasteiger partial charge in [0.05, 0.1) is 6.10 Å². The van der Waals surface area contributed by atoms with Crippen molar-refractivity contribution in [3.05, 3.63) is 40.4 Å². The number of ether oxygens (including phenoxy) is 2. The molecule has 8 nitrogen and oxygen atoms in total. The summed E-state index contributed by atoms with van der Waals surface area (Å²) in [6, 6.07) is 3.24. The molecule has 4 rings (SSSR count). The molecule has 0 spiro atoms.